The molecule has 2 aromatic heterocycles. The molecule has 0 atom stereocenters. The van der Waals surface area contributed by atoms with Gasteiger partial charge >= 0.3 is 0 Å². The van der Waals surface area contributed by atoms with Crippen LogP contribution in [0.15, 0.2) is 79.0 Å². The standard InChI is InChI=1S/C24H23N5O2/c1-2-28(18-10-4-3-5-11-18)23(30)17-29-21-14-7-6-12-19(21)27-22(29)16-26-24(31)20-13-8-9-15-25-20/h3-15H,2,16-17H2,1H3,(H,26,31). The van der Waals surface area contributed by atoms with Crippen LogP contribution in [0.1, 0.15) is 23.2 Å². The van der Waals surface area contributed by atoms with Crippen LogP contribution >= 0.6 is 0 Å². The van der Waals surface area contributed by atoms with Crippen LogP contribution < -0.4 is 10.2 Å². The van der Waals surface area contributed by atoms with E-state index < -0.39 is 0 Å². The number of benzene rings is 2. The normalized spacial score (nSPS) is 10.7. The highest BCUT2D eigenvalue weighted by Crippen LogP contribution is 2.19. The van der Waals surface area contributed by atoms with E-state index in [1.165, 1.54) is 0 Å². The van der Waals surface area contributed by atoms with Crippen LogP contribution in [0.4, 0.5) is 5.69 Å². The number of likely N-dealkylation sites (N-methyl/N-ethyl adjacent to an activating group) is 1. The third kappa shape index (κ3) is 4.45. The monoisotopic (exact) mass is 413 g/mol. The van der Waals surface area contributed by atoms with Gasteiger partial charge in [0.15, 0.2) is 0 Å². The lowest BCUT2D eigenvalue weighted by Crippen LogP contribution is -2.34. The van der Waals surface area contributed by atoms with E-state index in [-0.39, 0.29) is 24.9 Å². The first kappa shape index (κ1) is 20.3. The molecule has 0 unspecified atom stereocenters. The maximum absolute atomic E-state index is 13.2. The predicted octanol–water partition coefficient (Wildman–Crippen LogP) is 3.41. The molecule has 7 nitrogen and oxygen atoms in total. The summed E-state index contributed by atoms with van der Waals surface area (Å²) in [4.78, 5) is 36.1. The van der Waals surface area contributed by atoms with Gasteiger partial charge in [0.05, 0.1) is 17.6 Å². The number of carbonyl (C=O) groups excluding carboxylic acids is 2. The minimum atomic E-state index is -0.287. The van der Waals surface area contributed by atoms with Gasteiger partial charge in [0.1, 0.15) is 18.1 Å². The Kier molecular flexibility index (Phi) is 6.03. The van der Waals surface area contributed by atoms with E-state index in [1.54, 1.807) is 29.3 Å². The molecule has 0 bridgehead atoms. The zero-order valence-corrected chi connectivity index (χ0v) is 17.2. The maximum Gasteiger partial charge on any atom is 0.270 e. The van der Waals surface area contributed by atoms with Crippen molar-refractivity contribution in [1.82, 2.24) is 19.9 Å². The van der Waals surface area contributed by atoms with Crippen molar-refractivity contribution in [1.29, 1.82) is 0 Å². The first-order chi connectivity index (χ1) is 15.2. The number of para-hydroxylation sites is 3. The van der Waals surface area contributed by atoms with Gasteiger partial charge in [0, 0.05) is 18.4 Å². The van der Waals surface area contributed by atoms with Crippen molar-refractivity contribution in [3.8, 4) is 0 Å². The molecule has 0 saturated carbocycles. The summed E-state index contributed by atoms with van der Waals surface area (Å²) >= 11 is 0. The zero-order chi connectivity index (χ0) is 21.6. The fraction of sp³-hybridized carbons (Fsp3) is 0.167. The zero-order valence-electron chi connectivity index (χ0n) is 17.2. The summed E-state index contributed by atoms with van der Waals surface area (Å²) < 4.78 is 1.86. The topological polar surface area (TPSA) is 80.1 Å². The number of anilines is 1. The molecule has 31 heavy (non-hydrogen) atoms. The molecule has 2 aromatic carbocycles. The lowest BCUT2D eigenvalue weighted by molar-refractivity contribution is -0.119. The molecule has 0 aliphatic rings. The molecule has 2 amide bonds. The smallest absolute Gasteiger partial charge is 0.270 e. The summed E-state index contributed by atoms with van der Waals surface area (Å²) in [5, 5.41) is 2.86. The first-order valence-electron chi connectivity index (χ1n) is 10.2. The summed E-state index contributed by atoms with van der Waals surface area (Å²) in [6.07, 6.45) is 1.58. The van der Waals surface area contributed by atoms with Crippen LogP contribution in [-0.4, -0.2) is 32.9 Å². The van der Waals surface area contributed by atoms with Crippen molar-refractivity contribution in [3.63, 3.8) is 0 Å². The van der Waals surface area contributed by atoms with Crippen LogP contribution in [0.5, 0.6) is 0 Å². The van der Waals surface area contributed by atoms with E-state index in [0.29, 0.717) is 18.1 Å². The number of fused-ring (bicyclic) bond motifs is 1. The molecule has 0 fully saturated rings. The summed E-state index contributed by atoms with van der Waals surface area (Å²) in [7, 11) is 0. The molecule has 0 saturated heterocycles. The van der Waals surface area contributed by atoms with Crippen molar-refractivity contribution in [2.45, 2.75) is 20.0 Å². The Morgan fingerprint density at radius 1 is 0.968 bits per heavy atom. The number of amides is 2. The highest BCUT2D eigenvalue weighted by Gasteiger charge is 2.19. The van der Waals surface area contributed by atoms with Crippen molar-refractivity contribution in [2.24, 2.45) is 0 Å². The Labute approximate surface area is 180 Å². The molecule has 4 rings (SSSR count). The Hall–Kier alpha value is -4.00. The van der Waals surface area contributed by atoms with Crippen LogP contribution in [-0.2, 0) is 17.9 Å². The number of hydrogen-bond acceptors (Lipinski definition) is 4. The van der Waals surface area contributed by atoms with Crippen LogP contribution in [0.2, 0.25) is 0 Å². The molecular weight excluding hydrogens is 390 g/mol. The molecule has 2 heterocycles. The molecule has 0 aliphatic heterocycles. The average molecular weight is 413 g/mol. The van der Waals surface area contributed by atoms with Crippen molar-refractivity contribution < 1.29 is 9.59 Å². The lowest BCUT2D eigenvalue weighted by Gasteiger charge is -2.22. The van der Waals surface area contributed by atoms with Gasteiger partial charge in [-0.1, -0.05) is 36.4 Å². The third-order valence-electron chi connectivity index (χ3n) is 5.02. The lowest BCUT2D eigenvalue weighted by atomic mass is 10.2. The van der Waals surface area contributed by atoms with Crippen LogP contribution in [0.25, 0.3) is 11.0 Å². The Balaban J connectivity index is 1.59. The van der Waals surface area contributed by atoms with Gasteiger partial charge in [0.2, 0.25) is 5.91 Å². The minimum absolute atomic E-state index is 0.0471. The highest BCUT2D eigenvalue weighted by atomic mass is 16.2. The number of hydrogen-bond donors (Lipinski definition) is 1. The summed E-state index contributed by atoms with van der Waals surface area (Å²) in [6, 6.07) is 22.4. The first-order valence-corrected chi connectivity index (χ1v) is 10.2. The fourth-order valence-corrected chi connectivity index (χ4v) is 3.52. The van der Waals surface area contributed by atoms with Gasteiger partial charge in [-0.15, -0.1) is 0 Å². The molecule has 4 aromatic rings. The van der Waals surface area contributed by atoms with Crippen molar-refractivity contribution >= 4 is 28.5 Å². The van der Waals surface area contributed by atoms with Crippen molar-refractivity contribution in [2.75, 3.05) is 11.4 Å². The second-order valence-electron chi connectivity index (χ2n) is 6.97. The fourth-order valence-electron chi connectivity index (χ4n) is 3.52. The molecule has 0 radical (unpaired) electrons. The highest BCUT2D eigenvalue weighted by molar-refractivity contribution is 5.94. The Bertz CT molecular complexity index is 1190. The van der Waals surface area contributed by atoms with Gasteiger partial charge in [-0.2, -0.15) is 0 Å². The van der Waals surface area contributed by atoms with Gasteiger partial charge in [0.25, 0.3) is 5.91 Å². The number of nitrogens with zero attached hydrogens (tertiary/aromatic N) is 4. The number of imidazole rings is 1. The Morgan fingerprint density at radius 2 is 1.71 bits per heavy atom. The van der Waals surface area contributed by atoms with E-state index in [9.17, 15) is 9.59 Å². The van der Waals surface area contributed by atoms with Crippen molar-refractivity contribution in [3.05, 3.63) is 90.5 Å². The quantitative estimate of drug-likeness (QED) is 0.504. The maximum atomic E-state index is 13.2. The number of pyridine rings is 1. The summed E-state index contributed by atoms with van der Waals surface area (Å²) in [6.45, 7) is 2.82. The number of carbonyl (C=O) groups is 2. The Morgan fingerprint density at radius 3 is 2.45 bits per heavy atom. The largest absolute Gasteiger partial charge is 0.343 e. The number of rotatable bonds is 7. The van der Waals surface area contributed by atoms with Gasteiger partial charge < -0.3 is 14.8 Å². The SMILES string of the molecule is CCN(C(=O)Cn1c(CNC(=O)c2ccccn2)nc2ccccc21)c1ccccc1. The van der Waals surface area contributed by atoms with E-state index >= 15 is 0 Å². The predicted molar refractivity (Wildman–Crippen MR) is 120 cm³/mol. The van der Waals surface area contributed by atoms with E-state index in [2.05, 4.69) is 15.3 Å². The van der Waals surface area contributed by atoms with Gasteiger partial charge in [-0.25, -0.2) is 4.98 Å². The molecule has 0 spiro atoms. The molecule has 1 N–H and O–H groups in total. The molecule has 156 valence electrons. The average Bonchev–Trinajstić information content (AvgIpc) is 3.16. The summed E-state index contributed by atoms with van der Waals surface area (Å²) in [5.74, 6) is 0.280. The number of nitrogens with one attached hydrogen (secondary N) is 1. The molecular formula is C24H23N5O2. The van der Waals surface area contributed by atoms with Gasteiger partial charge in [-0.3, -0.25) is 14.6 Å². The number of aromatic nitrogens is 3. The van der Waals surface area contributed by atoms with Crippen LogP contribution in [0.3, 0.4) is 0 Å². The van der Waals surface area contributed by atoms with Crippen LogP contribution in [0, 0.1) is 0 Å². The van der Waals surface area contributed by atoms with E-state index in [0.717, 1.165) is 16.7 Å². The van der Waals surface area contributed by atoms with E-state index in [1.807, 2.05) is 66.1 Å². The third-order valence-corrected chi connectivity index (χ3v) is 5.02. The summed E-state index contributed by atoms with van der Waals surface area (Å²) in [5.41, 5.74) is 2.81. The molecule has 0 aliphatic carbocycles. The van der Waals surface area contributed by atoms with Gasteiger partial charge in [-0.05, 0) is 43.3 Å². The minimum Gasteiger partial charge on any atom is -0.343 e. The molecule has 7 heteroatoms. The van der Waals surface area contributed by atoms with E-state index in [4.69, 9.17) is 0 Å². The second kappa shape index (κ2) is 9.21. The second-order valence-corrected chi connectivity index (χ2v) is 6.97.